The molecule has 2 aliphatic heterocycles. The van der Waals surface area contributed by atoms with Gasteiger partial charge in [-0.15, -0.1) is 0 Å². The van der Waals surface area contributed by atoms with Gasteiger partial charge in [-0.25, -0.2) is 0 Å². The third-order valence-corrected chi connectivity index (χ3v) is 7.50. The summed E-state index contributed by atoms with van der Waals surface area (Å²) in [5.41, 5.74) is 3.49. The van der Waals surface area contributed by atoms with Crippen LogP contribution < -0.4 is 4.90 Å². The minimum atomic E-state index is -0.310. The number of nitrogens with zero attached hydrogens (tertiary/aromatic N) is 5. The Kier molecular flexibility index (Phi) is 6.12. The topological polar surface area (TPSA) is 98.6 Å². The van der Waals surface area contributed by atoms with E-state index in [-0.39, 0.29) is 17.7 Å². The first-order valence-electron chi connectivity index (χ1n) is 12.9. The second-order valence-electron chi connectivity index (χ2n) is 9.99. The number of anilines is 1. The third kappa shape index (κ3) is 4.69. The SMILES string of the molecule is CC1CCN(c2ccc(-c3noc(C(=O)N4CCN(C(=O)c5cc6ccccc6[nH]5)CC4)n3)cc2)CC1. The molecule has 2 saturated heterocycles. The van der Waals surface area contributed by atoms with E-state index in [1.165, 1.54) is 18.5 Å². The van der Waals surface area contributed by atoms with Crippen LogP contribution in [-0.4, -0.2) is 76.0 Å². The lowest BCUT2D eigenvalue weighted by Gasteiger charge is -2.33. The highest BCUT2D eigenvalue weighted by Crippen LogP contribution is 2.26. The van der Waals surface area contributed by atoms with Crippen molar-refractivity contribution in [2.24, 2.45) is 5.92 Å². The maximum atomic E-state index is 13.0. The molecule has 2 fully saturated rings. The van der Waals surface area contributed by atoms with Crippen LogP contribution in [0.2, 0.25) is 0 Å². The lowest BCUT2D eigenvalue weighted by molar-refractivity contribution is 0.0506. The van der Waals surface area contributed by atoms with Crippen LogP contribution in [0.15, 0.2) is 59.1 Å². The zero-order valence-electron chi connectivity index (χ0n) is 20.9. The molecule has 6 rings (SSSR count). The van der Waals surface area contributed by atoms with Crippen LogP contribution in [0.1, 0.15) is 40.9 Å². The van der Waals surface area contributed by atoms with E-state index in [9.17, 15) is 9.59 Å². The number of benzene rings is 2. The highest BCUT2D eigenvalue weighted by molar-refractivity contribution is 5.98. The summed E-state index contributed by atoms with van der Waals surface area (Å²) in [4.78, 5) is 39.3. The third-order valence-electron chi connectivity index (χ3n) is 7.50. The van der Waals surface area contributed by atoms with Crippen LogP contribution in [-0.2, 0) is 0 Å². The average Bonchev–Trinajstić information content (AvgIpc) is 3.61. The normalized spacial score (nSPS) is 16.9. The molecule has 4 heterocycles. The van der Waals surface area contributed by atoms with Crippen LogP contribution in [0, 0.1) is 5.92 Å². The summed E-state index contributed by atoms with van der Waals surface area (Å²) >= 11 is 0. The van der Waals surface area contributed by atoms with E-state index in [0.717, 1.165) is 35.5 Å². The summed E-state index contributed by atoms with van der Waals surface area (Å²) in [5, 5.41) is 5.04. The Balaban J connectivity index is 1.06. The number of aromatic amines is 1. The van der Waals surface area contributed by atoms with E-state index in [2.05, 4.69) is 39.1 Å². The number of aromatic nitrogens is 3. The molecule has 0 radical (unpaired) electrons. The summed E-state index contributed by atoms with van der Waals surface area (Å²) in [6, 6.07) is 17.8. The Hall–Kier alpha value is -4.14. The second-order valence-corrected chi connectivity index (χ2v) is 9.99. The molecule has 0 bridgehead atoms. The van der Waals surface area contributed by atoms with Gasteiger partial charge in [0.05, 0.1) is 0 Å². The van der Waals surface area contributed by atoms with Crippen molar-refractivity contribution in [2.75, 3.05) is 44.2 Å². The van der Waals surface area contributed by atoms with Crippen LogP contribution >= 0.6 is 0 Å². The number of fused-ring (bicyclic) bond motifs is 1. The zero-order valence-corrected chi connectivity index (χ0v) is 20.9. The largest absolute Gasteiger partial charge is 0.372 e. The number of H-pyrrole nitrogens is 1. The summed E-state index contributed by atoms with van der Waals surface area (Å²) < 4.78 is 5.32. The number of para-hydroxylation sites is 1. The van der Waals surface area contributed by atoms with Gasteiger partial charge < -0.3 is 24.2 Å². The van der Waals surface area contributed by atoms with E-state index in [0.29, 0.717) is 37.7 Å². The summed E-state index contributed by atoms with van der Waals surface area (Å²) in [5.74, 6) is 0.782. The number of piperidine rings is 1. The fourth-order valence-corrected chi connectivity index (χ4v) is 5.12. The molecule has 2 aromatic carbocycles. The van der Waals surface area contributed by atoms with Crippen molar-refractivity contribution in [3.8, 4) is 11.4 Å². The second kappa shape index (κ2) is 9.72. The zero-order chi connectivity index (χ0) is 25.4. The lowest BCUT2D eigenvalue weighted by atomic mass is 9.98. The average molecular weight is 499 g/mol. The van der Waals surface area contributed by atoms with E-state index in [1.807, 2.05) is 42.5 Å². The van der Waals surface area contributed by atoms with Gasteiger partial charge in [-0.3, -0.25) is 9.59 Å². The molecule has 9 nitrogen and oxygen atoms in total. The molecule has 190 valence electrons. The number of rotatable bonds is 4. The van der Waals surface area contributed by atoms with Gasteiger partial charge in [0.1, 0.15) is 5.69 Å². The van der Waals surface area contributed by atoms with Gasteiger partial charge in [0.25, 0.3) is 5.91 Å². The van der Waals surface area contributed by atoms with Crippen molar-refractivity contribution in [3.05, 3.63) is 66.2 Å². The standard InChI is InChI=1S/C28H30N6O3/c1-19-10-12-32(13-11-19)22-8-6-20(7-9-22)25-30-26(37-31-25)28(36)34-16-14-33(15-17-34)27(35)24-18-21-4-2-3-5-23(21)29-24/h2-9,18-19,29H,10-17H2,1H3. The monoisotopic (exact) mass is 498 g/mol. The number of hydrogen-bond donors (Lipinski definition) is 1. The smallest absolute Gasteiger partial charge is 0.316 e. The molecule has 0 atom stereocenters. The number of amides is 2. The first-order valence-corrected chi connectivity index (χ1v) is 12.9. The predicted molar refractivity (Wildman–Crippen MR) is 140 cm³/mol. The first-order chi connectivity index (χ1) is 18.0. The van der Waals surface area contributed by atoms with Crippen LogP contribution in [0.25, 0.3) is 22.3 Å². The quantitative estimate of drug-likeness (QED) is 0.456. The molecule has 0 aliphatic carbocycles. The van der Waals surface area contributed by atoms with Gasteiger partial charge >= 0.3 is 11.8 Å². The molecule has 2 aromatic heterocycles. The molecule has 4 aromatic rings. The highest BCUT2D eigenvalue weighted by Gasteiger charge is 2.29. The van der Waals surface area contributed by atoms with E-state index >= 15 is 0 Å². The predicted octanol–water partition coefficient (Wildman–Crippen LogP) is 4.05. The van der Waals surface area contributed by atoms with Crippen LogP contribution in [0.5, 0.6) is 0 Å². The molecule has 37 heavy (non-hydrogen) atoms. The molecule has 2 aliphatic rings. The Bertz CT molecular complexity index is 1380. The molecule has 0 unspecified atom stereocenters. The van der Waals surface area contributed by atoms with Crippen molar-refractivity contribution in [1.82, 2.24) is 24.9 Å². The lowest BCUT2D eigenvalue weighted by Crippen LogP contribution is -2.50. The Morgan fingerprint density at radius 3 is 2.27 bits per heavy atom. The van der Waals surface area contributed by atoms with E-state index in [1.54, 1.807) is 9.80 Å². The number of piperazine rings is 1. The van der Waals surface area contributed by atoms with Gasteiger partial charge in [0.15, 0.2) is 0 Å². The molecule has 9 heteroatoms. The maximum Gasteiger partial charge on any atom is 0.316 e. The van der Waals surface area contributed by atoms with Crippen molar-refractivity contribution in [1.29, 1.82) is 0 Å². The molecular weight excluding hydrogens is 468 g/mol. The molecule has 0 spiro atoms. The van der Waals surface area contributed by atoms with Gasteiger partial charge in [0, 0.05) is 61.4 Å². The van der Waals surface area contributed by atoms with Gasteiger partial charge in [-0.2, -0.15) is 4.98 Å². The minimum Gasteiger partial charge on any atom is -0.372 e. The van der Waals surface area contributed by atoms with Crippen molar-refractivity contribution < 1.29 is 14.1 Å². The number of nitrogens with one attached hydrogen (secondary N) is 1. The molecule has 1 N–H and O–H groups in total. The Morgan fingerprint density at radius 2 is 1.57 bits per heavy atom. The number of carbonyl (C=O) groups excluding carboxylic acids is 2. The van der Waals surface area contributed by atoms with Gasteiger partial charge in [0.2, 0.25) is 5.82 Å². The number of carbonyl (C=O) groups is 2. The van der Waals surface area contributed by atoms with E-state index < -0.39 is 0 Å². The van der Waals surface area contributed by atoms with E-state index in [4.69, 9.17) is 4.52 Å². The molecule has 0 saturated carbocycles. The fraction of sp³-hybridized carbons (Fsp3) is 0.357. The summed E-state index contributed by atoms with van der Waals surface area (Å²) in [6.45, 7) is 6.15. The van der Waals surface area contributed by atoms with Crippen molar-refractivity contribution >= 4 is 28.4 Å². The highest BCUT2D eigenvalue weighted by atomic mass is 16.5. The Morgan fingerprint density at radius 1 is 0.892 bits per heavy atom. The number of hydrogen-bond acceptors (Lipinski definition) is 6. The summed E-state index contributed by atoms with van der Waals surface area (Å²) in [6.07, 6.45) is 2.42. The molecule has 2 amide bonds. The van der Waals surface area contributed by atoms with Crippen LogP contribution in [0.4, 0.5) is 5.69 Å². The first kappa shape index (κ1) is 23.3. The van der Waals surface area contributed by atoms with Crippen LogP contribution in [0.3, 0.4) is 0 Å². The minimum absolute atomic E-state index is 0.0283. The van der Waals surface area contributed by atoms with Crippen molar-refractivity contribution in [2.45, 2.75) is 19.8 Å². The summed E-state index contributed by atoms with van der Waals surface area (Å²) in [7, 11) is 0. The van der Waals surface area contributed by atoms with Gasteiger partial charge in [-0.05, 0) is 55.2 Å². The van der Waals surface area contributed by atoms with Crippen molar-refractivity contribution in [3.63, 3.8) is 0 Å². The Labute approximate surface area is 215 Å². The fourth-order valence-electron chi connectivity index (χ4n) is 5.12. The molecular formula is C28H30N6O3. The van der Waals surface area contributed by atoms with Gasteiger partial charge in [-0.1, -0.05) is 30.3 Å². The maximum absolute atomic E-state index is 13.0.